The molecule has 6 nitrogen and oxygen atoms in total. The first-order valence-electron chi connectivity index (χ1n) is 9.98. The van der Waals surface area contributed by atoms with E-state index in [9.17, 15) is 13.2 Å². The molecule has 0 spiro atoms. The van der Waals surface area contributed by atoms with Gasteiger partial charge < -0.3 is 9.32 Å². The predicted molar refractivity (Wildman–Crippen MR) is 105 cm³/mol. The third kappa shape index (κ3) is 2.97. The minimum absolute atomic E-state index is 0.162. The number of carbonyl (C=O) groups excluding carboxylic acids is 1. The SMILES string of the molecule is O=C(C1CCCCC1)N1CC2=C(C1)CN(S(=O)(=O)c1ccc3occc3c1)C2. The molecule has 1 saturated carbocycles. The summed E-state index contributed by atoms with van der Waals surface area (Å²) in [5, 5.41) is 0.782. The minimum atomic E-state index is -3.56. The molecule has 0 atom stereocenters. The van der Waals surface area contributed by atoms with Crippen LogP contribution >= 0.6 is 0 Å². The Balaban J connectivity index is 1.28. The molecule has 7 heteroatoms. The van der Waals surface area contributed by atoms with Gasteiger partial charge >= 0.3 is 0 Å². The Morgan fingerprint density at radius 2 is 1.68 bits per heavy atom. The van der Waals surface area contributed by atoms with E-state index in [0.717, 1.165) is 42.2 Å². The van der Waals surface area contributed by atoms with E-state index in [0.29, 0.717) is 31.8 Å². The maximum absolute atomic E-state index is 13.1. The number of hydrogen-bond acceptors (Lipinski definition) is 4. The van der Waals surface area contributed by atoms with E-state index >= 15 is 0 Å². The van der Waals surface area contributed by atoms with Crippen LogP contribution in [0.5, 0.6) is 0 Å². The Labute approximate surface area is 164 Å². The van der Waals surface area contributed by atoms with Crippen molar-refractivity contribution < 1.29 is 17.6 Å². The second-order valence-corrected chi connectivity index (χ2v) is 10.1. The van der Waals surface area contributed by atoms with Gasteiger partial charge in [-0.2, -0.15) is 4.31 Å². The van der Waals surface area contributed by atoms with Crippen molar-refractivity contribution in [1.29, 1.82) is 0 Å². The van der Waals surface area contributed by atoms with Crippen LogP contribution in [0, 0.1) is 5.92 Å². The van der Waals surface area contributed by atoms with Crippen LogP contribution in [0.1, 0.15) is 32.1 Å². The van der Waals surface area contributed by atoms with E-state index in [1.165, 1.54) is 10.7 Å². The smallest absolute Gasteiger partial charge is 0.243 e. The second-order valence-electron chi connectivity index (χ2n) is 8.13. The van der Waals surface area contributed by atoms with Crippen LogP contribution in [0.2, 0.25) is 0 Å². The molecule has 1 aromatic heterocycles. The van der Waals surface area contributed by atoms with Crippen LogP contribution in [0.4, 0.5) is 0 Å². The first-order chi connectivity index (χ1) is 13.5. The molecule has 1 aliphatic carbocycles. The average molecular weight is 401 g/mol. The summed E-state index contributed by atoms with van der Waals surface area (Å²) in [6, 6.07) is 6.73. The highest BCUT2D eigenvalue weighted by Crippen LogP contribution is 2.33. The van der Waals surface area contributed by atoms with Crippen molar-refractivity contribution in [3.63, 3.8) is 0 Å². The van der Waals surface area contributed by atoms with Gasteiger partial charge in [0.05, 0.1) is 11.2 Å². The van der Waals surface area contributed by atoms with Crippen molar-refractivity contribution in [3.8, 4) is 0 Å². The highest BCUT2D eigenvalue weighted by molar-refractivity contribution is 7.89. The highest BCUT2D eigenvalue weighted by Gasteiger charge is 2.39. The summed E-state index contributed by atoms with van der Waals surface area (Å²) in [6.45, 7) is 1.93. The van der Waals surface area contributed by atoms with Crippen molar-refractivity contribution in [2.24, 2.45) is 5.92 Å². The predicted octanol–water partition coefficient (Wildman–Crippen LogP) is 3.16. The van der Waals surface area contributed by atoms with Gasteiger partial charge in [0.15, 0.2) is 0 Å². The van der Waals surface area contributed by atoms with Crippen molar-refractivity contribution in [1.82, 2.24) is 9.21 Å². The van der Waals surface area contributed by atoms with E-state index in [1.807, 2.05) is 4.90 Å². The Morgan fingerprint density at radius 3 is 2.39 bits per heavy atom. The van der Waals surface area contributed by atoms with Crippen LogP contribution in [-0.4, -0.2) is 49.7 Å². The monoisotopic (exact) mass is 400 g/mol. The Hall–Kier alpha value is -2.12. The van der Waals surface area contributed by atoms with Crippen molar-refractivity contribution in [3.05, 3.63) is 41.7 Å². The molecule has 0 saturated heterocycles. The van der Waals surface area contributed by atoms with Crippen LogP contribution < -0.4 is 0 Å². The van der Waals surface area contributed by atoms with Gasteiger partial charge in [0.1, 0.15) is 5.58 Å². The summed E-state index contributed by atoms with van der Waals surface area (Å²) in [7, 11) is -3.56. The first-order valence-corrected chi connectivity index (χ1v) is 11.4. The van der Waals surface area contributed by atoms with Gasteiger partial charge in [-0.1, -0.05) is 19.3 Å². The molecule has 3 heterocycles. The fourth-order valence-electron chi connectivity index (χ4n) is 4.73. The number of rotatable bonds is 3. The van der Waals surface area contributed by atoms with E-state index in [4.69, 9.17) is 4.42 Å². The van der Waals surface area contributed by atoms with E-state index in [2.05, 4.69) is 0 Å². The maximum atomic E-state index is 13.1. The molecule has 5 rings (SSSR count). The summed E-state index contributed by atoms with van der Waals surface area (Å²) in [4.78, 5) is 15.0. The molecule has 2 aliphatic heterocycles. The summed E-state index contributed by atoms with van der Waals surface area (Å²) in [5.41, 5.74) is 2.87. The Morgan fingerprint density at radius 1 is 0.964 bits per heavy atom. The van der Waals surface area contributed by atoms with Gasteiger partial charge in [0.25, 0.3) is 0 Å². The number of carbonyl (C=O) groups is 1. The number of furan rings is 1. The number of hydrogen-bond donors (Lipinski definition) is 0. The number of nitrogens with zero attached hydrogens (tertiary/aromatic N) is 2. The molecule has 0 radical (unpaired) electrons. The summed E-state index contributed by atoms with van der Waals surface area (Å²) >= 11 is 0. The molecule has 0 bridgehead atoms. The fraction of sp³-hybridized carbons (Fsp3) is 0.476. The van der Waals surface area contributed by atoms with Gasteiger partial charge in [-0.25, -0.2) is 8.42 Å². The normalized spacial score (nSPS) is 21.6. The number of fused-ring (bicyclic) bond motifs is 1. The largest absolute Gasteiger partial charge is 0.464 e. The topological polar surface area (TPSA) is 70.8 Å². The molecule has 1 amide bonds. The molecule has 28 heavy (non-hydrogen) atoms. The molecule has 1 fully saturated rings. The van der Waals surface area contributed by atoms with Crippen LogP contribution in [0.25, 0.3) is 11.0 Å². The minimum Gasteiger partial charge on any atom is -0.464 e. The lowest BCUT2D eigenvalue weighted by Gasteiger charge is -2.28. The number of sulfonamides is 1. The lowest BCUT2D eigenvalue weighted by Crippen LogP contribution is -2.39. The molecular weight excluding hydrogens is 376 g/mol. The second kappa shape index (κ2) is 6.74. The molecule has 3 aliphatic rings. The van der Waals surface area contributed by atoms with Gasteiger partial charge in [-0.15, -0.1) is 0 Å². The van der Waals surface area contributed by atoms with E-state index < -0.39 is 10.0 Å². The zero-order valence-corrected chi connectivity index (χ0v) is 16.6. The third-order valence-corrected chi connectivity index (χ3v) is 8.11. The van der Waals surface area contributed by atoms with Gasteiger partial charge in [-0.3, -0.25) is 4.79 Å². The quantitative estimate of drug-likeness (QED) is 0.742. The van der Waals surface area contributed by atoms with Crippen molar-refractivity contribution >= 4 is 26.9 Å². The summed E-state index contributed by atoms with van der Waals surface area (Å²) < 4.78 is 33.0. The zero-order valence-electron chi connectivity index (χ0n) is 15.8. The number of benzene rings is 1. The molecule has 148 valence electrons. The van der Waals surface area contributed by atoms with Crippen molar-refractivity contribution in [2.75, 3.05) is 26.2 Å². The molecule has 2 aromatic rings. The average Bonchev–Trinajstić information content (AvgIpc) is 3.41. The van der Waals surface area contributed by atoms with Gasteiger partial charge in [0, 0.05) is 37.5 Å². The Bertz CT molecular complexity index is 1050. The van der Waals surface area contributed by atoms with E-state index in [-0.39, 0.29) is 16.7 Å². The van der Waals surface area contributed by atoms with Crippen LogP contribution in [0.3, 0.4) is 0 Å². The van der Waals surface area contributed by atoms with Gasteiger partial charge in [-0.05, 0) is 48.3 Å². The molecule has 1 aromatic carbocycles. The lowest BCUT2D eigenvalue weighted by molar-refractivity contribution is -0.135. The standard InChI is InChI=1S/C21H24N2O4S/c24-21(15-4-2-1-3-5-15)22-11-17-13-23(14-18(17)12-22)28(25,26)19-6-7-20-16(10-19)8-9-27-20/h6-10,15H,1-5,11-14H2. The van der Waals surface area contributed by atoms with Crippen LogP contribution in [0.15, 0.2) is 51.0 Å². The molecular formula is C21H24N2O4S. The van der Waals surface area contributed by atoms with Crippen LogP contribution in [-0.2, 0) is 14.8 Å². The molecule has 0 N–H and O–H groups in total. The highest BCUT2D eigenvalue weighted by atomic mass is 32.2. The molecule has 0 unspecified atom stereocenters. The number of amides is 1. The lowest BCUT2D eigenvalue weighted by atomic mass is 9.88. The van der Waals surface area contributed by atoms with E-state index in [1.54, 1.807) is 30.5 Å². The third-order valence-electron chi connectivity index (χ3n) is 6.33. The summed E-state index contributed by atoms with van der Waals surface area (Å²) in [5.74, 6) is 0.421. The Kier molecular flexibility index (Phi) is 4.32. The van der Waals surface area contributed by atoms with Gasteiger partial charge in [0.2, 0.25) is 15.9 Å². The fourth-order valence-corrected chi connectivity index (χ4v) is 6.20. The maximum Gasteiger partial charge on any atom is 0.243 e. The zero-order chi connectivity index (χ0) is 19.3. The first kappa shape index (κ1) is 17.9. The summed E-state index contributed by atoms with van der Waals surface area (Å²) in [6.07, 6.45) is 7.07. The van der Waals surface area contributed by atoms with Crippen molar-refractivity contribution in [2.45, 2.75) is 37.0 Å².